The lowest BCUT2D eigenvalue weighted by molar-refractivity contribution is -0.122. The van der Waals surface area contributed by atoms with Gasteiger partial charge in [0, 0.05) is 5.56 Å². The number of hydrogen-bond acceptors (Lipinski definition) is 6. The van der Waals surface area contributed by atoms with E-state index in [4.69, 9.17) is 10.00 Å². The zero-order valence-corrected chi connectivity index (χ0v) is 12.8. The Hall–Kier alpha value is -2.40. The van der Waals surface area contributed by atoms with Gasteiger partial charge in [0.15, 0.2) is 21.7 Å². The number of amides is 1. The van der Waals surface area contributed by atoms with Gasteiger partial charge in [-0.1, -0.05) is 0 Å². The number of hydrogen-bond donors (Lipinski definition) is 1. The number of nitrogens with zero attached hydrogens (tertiary/aromatic N) is 1. The average molecular weight is 322 g/mol. The summed E-state index contributed by atoms with van der Waals surface area (Å²) in [5, 5.41) is 9.77. The number of ether oxygens (including phenoxy) is 1. The monoisotopic (exact) mass is 322 g/mol. The van der Waals surface area contributed by atoms with E-state index in [0.29, 0.717) is 11.4 Å². The second-order valence-corrected chi connectivity index (χ2v) is 7.25. The van der Waals surface area contributed by atoms with Crippen molar-refractivity contribution in [3.63, 3.8) is 0 Å². The van der Waals surface area contributed by atoms with Crippen LogP contribution in [0.4, 0.5) is 5.69 Å². The number of nitrogens with one attached hydrogen (secondary N) is 1. The molecule has 8 heteroatoms. The van der Waals surface area contributed by atoms with Crippen LogP contribution in [0.2, 0.25) is 0 Å². The van der Waals surface area contributed by atoms with E-state index in [1.165, 1.54) is 31.2 Å². The maximum atomic E-state index is 12.3. The smallest absolute Gasteiger partial charge is 0.265 e. The lowest BCUT2D eigenvalue weighted by Gasteiger charge is -2.23. The standard InChI is InChI=1S/C14H14N2O5S/c1-8-14(18)16-11-7-10(3-4-12(11)21-8)13(17)9(2)22(19,20)6-5-15/h3-4,7-9H,6H2,1-2H3,(H,16,18). The number of sulfone groups is 1. The van der Waals surface area contributed by atoms with Crippen molar-refractivity contribution in [2.45, 2.75) is 25.2 Å². The Morgan fingerprint density at radius 2 is 2.18 bits per heavy atom. The third-order valence-electron chi connectivity index (χ3n) is 3.37. The van der Waals surface area contributed by atoms with E-state index >= 15 is 0 Å². The molecule has 0 aliphatic carbocycles. The fraction of sp³-hybridized carbons (Fsp3) is 0.357. The molecule has 1 aliphatic heterocycles. The second-order valence-electron chi connectivity index (χ2n) is 4.93. The summed E-state index contributed by atoms with van der Waals surface area (Å²) in [6, 6.07) is 5.85. The van der Waals surface area contributed by atoms with Gasteiger partial charge in [-0.25, -0.2) is 8.42 Å². The highest BCUT2D eigenvalue weighted by Crippen LogP contribution is 2.31. The molecule has 1 amide bonds. The molecular weight excluding hydrogens is 308 g/mol. The van der Waals surface area contributed by atoms with E-state index < -0.39 is 32.7 Å². The second kappa shape index (κ2) is 5.77. The average Bonchev–Trinajstić information content (AvgIpc) is 2.46. The Morgan fingerprint density at radius 3 is 2.82 bits per heavy atom. The van der Waals surface area contributed by atoms with E-state index in [1.807, 2.05) is 0 Å². The molecule has 0 saturated carbocycles. The Labute approximate surface area is 127 Å². The molecule has 1 aliphatic rings. The highest BCUT2D eigenvalue weighted by molar-refractivity contribution is 7.93. The SMILES string of the molecule is CC1Oc2ccc(C(=O)C(C)S(=O)(=O)CC#N)cc2NC1=O. The number of rotatable bonds is 4. The minimum Gasteiger partial charge on any atom is -0.479 e. The van der Waals surface area contributed by atoms with Gasteiger partial charge in [0.25, 0.3) is 5.91 Å². The molecule has 22 heavy (non-hydrogen) atoms. The summed E-state index contributed by atoms with van der Waals surface area (Å²) in [5.41, 5.74) is 0.449. The molecule has 0 radical (unpaired) electrons. The molecule has 7 nitrogen and oxygen atoms in total. The Morgan fingerprint density at radius 1 is 1.50 bits per heavy atom. The molecule has 0 spiro atoms. The van der Waals surface area contributed by atoms with Gasteiger partial charge >= 0.3 is 0 Å². The van der Waals surface area contributed by atoms with Gasteiger partial charge in [0.1, 0.15) is 16.8 Å². The van der Waals surface area contributed by atoms with Crippen molar-refractivity contribution in [1.82, 2.24) is 0 Å². The number of fused-ring (bicyclic) bond motifs is 1. The van der Waals surface area contributed by atoms with Crippen LogP contribution < -0.4 is 10.1 Å². The zero-order chi connectivity index (χ0) is 16.5. The minimum absolute atomic E-state index is 0.131. The third kappa shape index (κ3) is 2.94. The van der Waals surface area contributed by atoms with E-state index in [2.05, 4.69) is 5.32 Å². The lowest BCUT2D eigenvalue weighted by atomic mass is 10.1. The molecule has 1 heterocycles. The summed E-state index contributed by atoms with van der Waals surface area (Å²) in [7, 11) is -3.83. The maximum Gasteiger partial charge on any atom is 0.265 e. The van der Waals surface area contributed by atoms with Crippen LogP contribution in [0.15, 0.2) is 18.2 Å². The van der Waals surface area contributed by atoms with E-state index in [9.17, 15) is 18.0 Å². The summed E-state index contributed by atoms with van der Waals surface area (Å²) in [4.78, 5) is 23.8. The number of carbonyl (C=O) groups is 2. The van der Waals surface area contributed by atoms with Crippen molar-refractivity contribution in [1.29, 1.82) is 5.26 Å². The van der Waals surface area contributed by atoms with Crippen LogP contribution in [0.1, 0.15) is 24.2 Å². The fourth-order valence-electron chi connectivity index (χ4n) is 1.97. The van der Waals surface area contributed by atoms with Crippen LogP contribution in [0.3, 0.4) is 0 Å². The predicted molar refractivity (Wildman–Crippen MR) is 78.4 cm³/mol. The molecule has 0 fully saturated rings. The van der Waals surface area contributed by atoms with Gasteiger partial charge in [-0.2, -0.15) is 5.26 Å². The molecule has 1 aromatic rings. The molecule has 1 N–H and O–H groups in total. The van der Waals surface area contributed by atoms with Gasteiger partial charge in [-0.05, 0) is 32.0 Å². The molecule has 0 aromatic heterocycles. The van der Waals surface area contributed by atoms with Crippen molar-refractivity contribution >= 4 is 27.2 Å². The quantitative estimate of drug-likeness (QED) is 0.824. The van der Waals surface area contributed by atoms with Crippen molar-refractivity contribution < 1.29 is 22.7 Å². The molecule has 0 bridgehead atoms. The van der Waals surface area contributed by atoms with Crippen LogP contribution in [-0.4, -0.2) is 37.2 Å². The number of Topliss-reactive ketones (excluding diaryl/α,β-unsaturated/α-hetero) is 1. The molecule has 2 rings (SSSR count). The van der Waals surface area contributed by atoms with Crippen LogP contribution >= 0.6 is 0 Å². The fourth-order valence-corrected chi connectivity index (χ4v) is 2.87. The summed E-state index contributed by atoms with van der Waals surface area (Å²) in [6.07, 6.45) is -0.635. The summed E-state index contributed by atoms with van der Waals surface area (Å²) in [6.45, 7) is 2.83. The molecule has 1 aromatic carbocycles. The topological polar surface area (TPSA) is 113 Å². The Balaban J connectivity index is 2.31. The van der Waals surface area contributed by atoms with Gasteiger partial charge in [0.2, 0.25) is 0 Å². The largest absolute Gasteiger partial charge is 0.479 e. The van der Waals surface area contributed by atoms with E-state index in [0.717, 1.165) is 0 Å². The number of nitriles is 1. The number of carbonyl (C=O) groups excluding carboxylic acids is 2. The first-order valence-corrected chi connectivity index (χ1v) is 8.22. The number of anilines is 1. The molecular formula is C14H14N2O5S. The van der Waals surface area contributed by atoms with E-state index in [-0.39, 0.29) is 11.5 Å². The van der Waals surface area contributed by atoms with Crippen LogP contribution in [0, 0.1) is 11.3 Å². The first-order valence-electron chi connectivity index (χ1n) is 6.50. The Kier molecular flexibility index (Phi) is 4.19. The first kappa shape index (κ1) is 16.0. The highest BCUT2D eigenvalue weighted by Gasteiger charge is 2.30. The third-order valence-corrected chi connectivity index (χ3v) is 5.19. The van der Waals surface area contributed by atoms with Gasteiger partial charge in [-0.3, -0.25) is 9.59 Å². The number of ketones is 1. The molecule has 2 atom stereocenters. The van der Waals surface area contributed by atoms with Crippen LogP contribution in [0.25, 0.3) is 0 Å². The van der Waals surface area contributed by atoms with Crippen molar-refractivity contribution in [2.24, 2.45) is 0 Å². The van der Waals surface area contributed by atoms with Crippen molar-refractivity contribution in [3.8, 4) is 11.8 Å². The maximum absolute atomic E-state index is 12.3. The van der Waals surface area contributed by atoms with Crippen LogP contribution in [0.5, 0.6) is 5.75 Å². The predicted octanol–water partition coefficient (Wildman–Crippen LogP) is 0.916. The normalized spacial score (nSPS) is 18.4. The zero-order valence-electron chi connectivity index (χ0n) is 12.0. The first-order chi connectivity index (χ1) is 10.3. The van der Waals surface area contributed by atoms with Gasteiger partial charge < -0.3 is 10.1 Å². The van der Waals surface area contributed by atoms with Gasteiger partial charge in [0.05, 0.1) is 11.8 Å². The van der Waals surface area contributed by atoms with E-state index in [1.54, 1.807) is 6.92 Å². The molecule has 116 valence electrons. The van der Waals surface area contributed by atoms with Gasteiger partial charge in [-0.15, -0.1) is 0 Å². The molecule has 0 saturated heterocycles. The summed E-state index contributed by atoms with van der Waals surface area (Å²) >= 11 is 0. The molecule has 2 unspecified atom stereocenters. The number of benzene rings is 1. The summed E-state index contributed by atoms with van der Waals surface area (Å²) < 4.78 is 28.9. The van der Waals surface area contributed by atoms with Crippen molar-refractivity contribution in [3.05, 3.63) is 23.8 Å². The van der Waals surface area contributed by atoms with Crippen LogP contribution in [-0.2, 0) is 14.6 Å². The van der Waals surface area contributed by atoms with Crippen molar-refractivity contribution in [2.75, 3.05) is 11.1 Å². The minimum atomic E-state index is -3.83. The summed E-state index contributed by atoms with van der Waals surface area (Å²) in [5.74, 6) is -1.29. The Bertz CT molecular complexity index is 779. The highest BCUT2D eigenvalue weighted by atomic mass is 32.2. The lowest BCUT2D eigenvalue weighted by Crippen LogP contribution is -2.34.